The van der Waals surface area contributed by atoms with Crippen LogP contribution in [0, 0.1) is 11.8 Å². The number of unbranched alkanes of at least 4 members (excludes halogenated alkanes) is 1. The van der Waals surface area contributed by atoms with Crippen molar-refractivity contribution in [3.05, 3.63) is 29.8 Å². The molecule has 5 aliphatic rings. The number of primary amides is 2. The molecule has 5 aliphatic heterocycles. The topological polar surface area (TPSA) is 629 Å². The fourth-order valence-electron chi connectivity index (χ4n) is 13.3. The minimum atomic E-state index is -1.92. The van der Waals surface area contributed by atoms with Gasteiger partial charge in [0.15, 0.2) is 6.54 Å². The van der Waals surface area contributed by atoms with Gasteiger partial charge in [0.25, 0.3) is 5.91 Å². The first-order valence-corrected chi connectivity index (χ1v) is 42.8. The number of phenolic OH excluding ortho intramolecular Hbond substituents is 1. The molecule has 2 bridgehead atoms. The molecule has 0 aromatic heterocycles. The van der Waals surface area contributed by atoms with E-state index in [1.54, 1.807) is 27.7 Å². The summed E-state index contributed by atoms with van der Waals surface area (Å²) in [6, 6.07) is -18.2. The van der Waals surface area contributed by atoms with E-state index in [0.29, 0.717) is 31.4 Å². The number of rotatable bonds is 18. The van der Waals surface area contributed by atoms with Gasteiger partial charge in [0, 0.05) is 49.1 Å². The van der Waals surface area contributed by atoms with Gasteiger partial charge in [0.05, 0.1) is 26.0 Å². The summed E-state index contributed by atoms with van der Waals surface area (Å²) in [5, 5.41) is 62.0. The van der Waals surface area contributed by atoms with E-state index in [1.807, 2.05) is 0 Å². The summed E-state index contributed by atoms with van der Waals surface area (Å²) in [6.45, 7) is 6.94. The summed E-state index contributed by atoms with van der Waals surface area (Å²) in [5.41, 5.74) is 19.0. The third-order valence-corrected chi connectivity index (χ3v) is 24.1. The summed E-state index contributed by atoms with van der Waals surface area (Å²) in [7, 11) is 3.30. The first-order chi connectivity index (χ1) is 54.0. The van der Waals surface area contributed by atoms with Gasteiger partial charge in [-0.15, -0.1) is 0 Å². The molecule has 1 aromatic rings. The number of nitrogens with one attached hydrogen (secondary N) is 12. The van der Waals surface area contributed by atoms with E-state index in [1.165, 1.54) is 41.0 Å². The molecule has 25 N–H and O–H groups in total. The average Bonchev–Trinajstić information content (AvgIpc) is 1.64. The summed E-state index contributed by atoms with van der Waals surface area (Å²) in [4.78, 5) is 260. The van der Waals surface area contributed by atoms with E-state index in [4.69, 9.17) is 11.5 Å². The molecule has 44 heteroatoms. The van der Waals surface area contributed by atoms with Gasteiger partial charge in [0.2, 0.25) is 94.5 Å². The molecule has 40 nitrogen and oxygen atoms in total. The van der Waals surface area contributed by atoms with E-state index in [0.717, 1.165) is 48.1 Å². The second kappa shape index (κ2) is 45.7. The highest BCUT2D eigenvalue weighted by atomic mass is 33.1. The minimum absolute atomic E-state index is 0.0163. The second-order valence-corrected chi connectivity index (χ2v) is 34.4. The molecular formula is C70H109N19O21S4+2. The van der Waals surface area contributed by atoms with Crippen molar-refractivity contribution < 1.29 is 113 Å². The zero-order valence-electron chi connectivity index (χ0n) is 64.3. The first-order valence-electron chi connectivity index (χ1n) is 37.8. The van der Waals surface area contributed by atoms with Crippen LogP contribution in [-0.2, 0) is 92.7 Å². The number of quaternary nitrogens is 2. The van der Waals surface area contributed by atoms with Crippen molar-refractivity contribution in [2.24, 2.45) is 23.3 Å². The molecule has 1 aromatic carbocycles. The highest BCUT2D eigenvalue weighted by Crippen LogP contribution is 2.30. The standard InChI is InChI=1S/C70H107N19O21S4/c1-34(2)23-40-58(97)80-42(26-53(73)92)60(99)82-44(27-54(74)93)68(107)87-20-8-12-50(87)65(104)77-39(11-6-7-19-71)57(96)79-41(25-37-15-17-38(91)18-16-37)59(98)86-49(70(109)110)33-114-113-32-48-64(103)83-45(29-90)61(100)81-43(24-35(3)4)67(106)89-22-10-14-52(89)69(108)88-21-9-13-51(88)66(105)85-47(62(101)75-36(5)56(95)78-40)31-112-111-30-46(63(102)84-48)76-55(94)28-72/h15-18,34-36,39-52,90-91H,6-14,19-33,71-72H2,1-5H3,(H2,73,92)(H2,74,93)(H,75,101)(H,76,94)(H,77,104)(H,78,95)(H,79,96)(H,80,97)(H,81,100)(H,82,99)(H,83,103)(H,84,102)(H,85,105)(H,86,98)(H,109,110)/p+2/t36-,39-,40-,41-,42-,43-,44-,45-,46-,47-,48-,49-,50-,51-,52-/m0/s1. The number of carbonyl (C=O) groups excluding carboxylic acids is 17. The number of carboxylic acid groups (broad SMARTS) is 1. The maximum absolute atomic E-state index is 14.8. The number of carboxylic acids is 1. The monoisotopic (exact) mass is 1680 g/mol. The lowest BCUT2D eigenvalue weighted by molar-refractivity contribution is -0.368. The molecule has 6 rings (SSSR count). The molecule has 17 amide bonds. The fraction of sp³-hybridized carbons (Fsp3) is 0.657. The van der Waals surface area contributed by atoms with E-state index < -0.39 is 240 Å². The number of carbonyl (C=O) groups is 18. The lowest BCUT2D eigenvalue weighted by Crippen LogP contribution is -2.62. The van der Waals surface area contributed by atoms with Gasteiger partial charge >= 0.3 is 5.97 Å². The number of aliphatic carboxylic acids is 1. The Bertz CT molecular complexity index is 3660. The number of fused-ring (bicyclic) bond motifs is 11. The third kappa shape index (κ3) is 28.3. The van der Waals surface area contributed by atoms with Crippen molar-refractivity contribution in [1.29, 1.82) is 0 Å². The van der Waals surface area contributed by atoms with Crippen molar-refractivity contribution in [3.63, 3.8) is 0 Å². The number of aliphatic hydroxyl groups is 1. The Labute approximate surface area is 674 Å². The number of benzene rings is 1. The molecule has 5 saturated heterocycles. The lowest BCUT2D eigenvalue weighted by Gasteiger charge is -2.34. The molecule has 0 radical (unpaired) electrons. The van der Waals surface area contributed by atoms with Gasteiger partial charge in [-0.1, -0.05) is 83.0 Å². The number of aromatic hydroxyl groups is 1. The van der Waals surface area contributed by atoms with Crippen molar-refractivity contribution in [3.8, 4) is 5.75 Å². The van der Waals surface area contributed by atoms with Crippen molar-refractivity contribution in [2.75, 3.05) is 62.3 Å². The van der Waals surface area contributed by atoms with Crippen LogP contribution in [0.1, 0.15) is 124 Å². The normalized spacial score (nSPS) is 28.2. The maximum atomic E-state index is 14.8. The van der Waals surface area contributed by atoms with Crippen LogP contribution in [0.25, 0.3) is 0 Å². The van der Waals surface area contributed by atoms with Crippen LogP contribution in [0.5, 0.6) is 5.75 Å². The largest absolute Gasteiger partial charge is 0.508 e. The highest BCUT2D eigenvalue weighted by Gasteiger charge is 2.47. The molecule has 0 aliphatic carbocycles. The Kier molecular flexibility index (Phi) is 37.6. The predicted octanol–water partition coefficient (Wildman–Crippen LogP) is -7.89. The van der Waals surface area contributed by atoms with Crippen LogP contribution in [-0.4, -0.2) is 289 Å². The molecule has 0 unspecified atom stereocenters. The Morgan fingerprint density at radius 2 is 0.930 bits per heavy atom. The quantitative estimate of drug-likeness (QED) is 0.0479. The van der Waals surface area contributed by atoms with E-state index in [9.17, 15) is 102 Å². The second-order valence-electron chi connectivity index (χ2n) is 29.3. The molecular weight excluding hydrogens is 1570 g/mol. The Hall–Kier alpha value is -9.24. The average molecular weight is 1680 g/mol. The predicted molar refractivity (Wildman–Crippen MR) is 415 cm³/mol. The van der Waals surface area contributed by atoms with E-state index >= 15 is 0 Å². The molecule has 114 heavy (non-hydrogen) atoms. The number of amides is 17. The van der Waals surface area contributed by atoms with Crippen LogP contribution < -0.4 is 86.7 Å². The van der Waals surface area contributed by atoms with Crippen molar-refractivity contribution in [2.45, 2.75) is 215 Å². The van der Waals surface area contributed by atoms with Crippen LogP contribution in [0.4, 0.5) is 0 Å². The smallest absolute Gasteiger partial charge is 0.327 e. The number of hydrogen-bond acceptors (Lipinski definition) is 24. The first kappa shape index (κ1) is 93.6. The molecule has 0 spiro atoms. The summed E-state index contributed by atoms with van der Waals surface area (Å²) in [6.07, 6.45) is -0.731. The van der Waals surface area contributed by atoms with Crippen LogP contribution in [0.2, 0.25) is 0 Å². The number of nitrogens with two attached hydrogens (primary N) is 2. The minimum Gasteiger partial charge on any atom is -0.508 e. The summed E-state index contributed by atoms with van der Waals surface area (Å²) in [5.74, 6) is -20.9. The van der Waals surface area contributed by atoms with Crippen molar-refractivity contribution >= 4 is 150 Å². The Balaban J connectivity index is 1.46. The third-order valence-electron chi connectivity index (χ3n) is 19.3. The summed E-state index contributed by atoms with van der Waals surface area (Å²) < 4.78 is 0. The number of phenols is 1. The number of hydrogen-bond donors (Lipinski definition) is 19. The SMILES string of the molecule is CC(C)C[C@@H]1NC(=O)[C@H](C)NC(=O)[C@@H]2CSSC[C@H](NC(=O)C[NH3+])C(=O)N[C@@H](CSSC[C@@H](C(=O)O)NC(=O)[C@H](Cc3ccc(O)cc3)NC(=O)[C@H](CCCC[NH3+])NC(=O)[C@@H]3CCCN3C(=O)[C@H](CC(N)=O)NC(=O)[C@H](CC(N)=O)NC1=O)C(=O)N[C@@H](CO)C(=O)N[C@@H](CC(C)C)C(=O)N1CCC[C@H]1C(=O)N1CCC[C@H]1C(=O)N2. The summed E-state index contributed by atoms with van der Waals surface area (Å²) >= 11 is 0. The zero-order chi connectivity index (χ0) is 84.2. The maximum Gasteiger partial charge on any atom is 0.327 e. The van der Waals surface area contributed by atoms with Gasteiger partial charge in [0.1, 0.15) is 96.4 Å². The Morgan fingerprint density at radius 3 is 1.50 bits per heavy atom. The van der Waals surface area contributed by atoms with Gasteiger partial charge in [-0.25, -0.2) is 4.79 Å². The number of aliphatic hydroxyl groups excluding tert-OH is 1. The van der Waals surface area contributed by atoms with Gasteiger partial charge in [-0.3, -0.25) is 81.5 Å². The fourth-order valence-corrected chi connectivity index (χ4v) is 18.0. The van der Waals surface area contributed by atoms with Crippen LogP contribution in [0.15, 0.2) is 24.3 Å². The molecule has 5 fully saturated rings. The molecule has 5 heterocycles. The van der Waals surface area contributed by atoms with Crippen molar-refractivity contribution in [1.82, 2.24) is 78.5 Å². The zero-order valence-corrected chi connectivity index (χ0v) is 67.6. The van der Waals surface area contributed by atoms with Crippen LogP contribution >= 0.6 is 43.2 Å². The van der Waals surface area contributed by atoms with Gasteiger partial charge in [-0.05, 0) is 107 Å². The van der Waals surface area contributed by atoms with Gasteiger partial charge in [-0.2, -0.15) is 0 Å². The number of nitrogens with zero attached hydrogens (tertiary/aromatic N) is 3. The van der Waals surface area contributed by atoms with E-state index in [2.05, 4.69) is 75.3 Å². The van der Waals surface area contributed by atoms with Gasteiger partial charge < -0.3 is 117 Å². The highest BCUT2D eigenvalue weighted by molar-refractivity contribution is 8.77. The lowest BCUT2D eigenvalue weighted by atomic mass is 10.0. The molecule has 0 saturated carbocycles. The van der Waals surface area contributed by atoms with E-state index in [-0.39, 0.29) is 101 Å². The van der Waals surface area contributed by atoms with Crippen LogP contribution in [0.3, 0.4) is 0 Å². The molecule has 15 atom stereocenters. The molecule has 632 valence electrons. The Morgan fingerprint density at radius 1 is 0.491 bits per heavy atom.